The van der Waals surface area contributed by atoms with Crippen LogP contribution in [0.2, 0.25) is 0 Å². The molecule has 0 aliphatic rings. The maximum Gasteiger partial charge on any atom is 0.351 e. The Morgan fingerprint density at radius 2 is 1.32 bits per heavy atom. The van der Waals surface area contributed by atoms with Crippen LogP contribution in [0.4, 0.5) is 0 Å². The van der Waals surface area contributed by atoms with Gasteiger partial charge in [-0.1, -0.05) is 60.7 Å². The summed E-state index contributed by atoms with van der Waals surface area (Å²) in [5, 5.41) is 0. The summed E-state index contributed by atoms with van der Waals surface area (Å²) in [7, 11) is 1.15. The molecule has 28 heavy (non-hydrogen) atoms. The van der Waals surface area contributed by atoms with Crippen LogP contribution in [0.1, 0.15) is 17.0 Å². The van der Waals surface area contributed by atoms with E-state index in [1.165, 1.54) is 0 Å². The number of ether oxygens (including phenoxy) is 3. The molecule has 0 saturated heterocycles. The first kappa shape index (κ1) is 20.6. The molecule has 7 nitrogen and oxygen atoms in total. The third-order valence-electron chi connectivity index (χ3n) is 3.60. The zero-order valence-corrected chi connectivity index (χ0v) is 15.1. The largest absolute Gasteiger partial charge is 0.466 e. The van der Waals surface area contributed by atoms with Gasteiger partial charge in [0.25, 0.3) is 0 Å². The smallest absolute Gasteiger partial charge is 0.351 e. The number of benzene rings is 2. The average Bonchev–Trinajstić information content (AvgIpc) is 2.72. The summed E-state index contributed by atoms with van der Waals surface area (Å²) >= 11 is 0. The van der Waals surface area contributed by atoms with Crippen LogP contribution in [0, 0.1) is 0 Å². The molecule has 0 N–H and O–H groups in total. The van der Waals surface area contributed by atoms with Crippen molar-refractivity contribution >= 4 is 23.9 Å². The lowest BCUT2D eigenvalue weighted by Gasteiger charge is -2.16. The highest BCUT2D eigenvalue weighted by Gasteiger charge is 2.26. The molecule has 0 radical (unpaired) electrons. The first-order valence-corrected chi connectivity index (χ1v) is 8.28. The van der Waals surface area contributed by atoms with Gasteiger partial charge in [-0.05, 0) is 11.1 Å². The maximum absolute atomic E-state index is 12.6. The van der Waals surface area contributed by atoms with Gasteiger partial charge in [-0.2, -0.15) is 0 Å². The molecule has 7 heteroatoms. The predicted molar refractivity (Wildman–Crippen MR) is 97.9 cm³/mol. The molecule has 0 saturated carbocycles. The predicted octanol–water partition coefficient (Wildman–Crippen LogP) is 2.16. The van der Waals surface area contributed by atoms with Crippen molar-refractivity contribution in [2.24, 2.45) is 0 Å². The fourth-order valence-corrected chi connectivity index (χ4v) is 2.34. The van der Waals surface area contributed by atoms with E-state index in [1.807, 2.05) is 12.1 Å². The van der Waals surface area contributed by atoms with Crippen molar-refractivity contribution in [1.82, 2.24) is 0 Å². The molecule has 0 amide bonds. The number of methoxy groups -OCH3 is 1. The molecule has 0 bridgehead atoms. The van der Waals surface area contributed by atoms with Gasteiger partial charge in [0.1, 0.15) is 5.92 Å². The number of carbonyl (C=O) groups is 4. The zero-order valence-electron chi connectivity index (χ0n) is 15.1. The molecule has 144 valence electrons. The van der Waals surface area contributed by atoms with Gasteiger partial charge in [0, 0.05) is 12.2 Å². The number of carbonyl (C=O) groups excluding carboxylic acids is 4. The molecule has 2 aromatic carbocycles. The summed E-state index contributed by atoms with van der Waals surface area (Å²) in [5.74, 6) is -4.31. The van der Waals surface area contributed by atoms with Crippen LogP contribution in [0.15, 0.2) is 72.8 Å². The minimum Gasteiger partial charge on any atom is -0.466 e. The lowest BCUT2D eigenvalue weighted by atomic mass is 9.91. The van der Waals surface area contributed by atoms with E-state index in [0.29, 0.717) is 11.1 Å². The van der Waals surface area contributed by atoms with E-state index in [9.17, 15) is 19.2 Å². The minimum absolute atomic E-state index is 0.657. The third-order valence-corrected chi connectivity index (χ3v) is 3.60. The van der Waals surface area contributed by atoms with Gasteiger partial charge in [-0.25, -0.2) is 14.4 Å². The summed E-state index contributed by atoms with van der Waals surface area (Å²) in [4.78, 5) is 46.8. The van der Waals surface area contributed by atoms with E-state index in [-0.39, 0.29) is 0 Å². The van der Waals surface area contributed by atoms with Crippen LogP contribution < -0.4 is 0 Å². The second-order valence-electron chi connectivity index (χ2n) is 5.51. The SMILES string of the molecule is COC(=O)/C=C\C(=O)OCC(=O)OC(=O)C(c1ccccc1)c1ccccc1. The fourth-order valence-electron chi connectivity index (χ4n) is 2.34. The minimum atomic E-state index is -1.03. The topological polar surface area (TPSA) is 96.0 Å². The first-order chi connectivity index (χ1) is 13.5. The molecular formula is C21H18O7. The highest BCUT2D eigenvalue weighted by molar-refractivity contribution is 5.94. The fraction of sp³-hybridized carbons (Fsp3) is 0.143. The Morgan fingerprint density at radius 3 is 1.82 bits per heavy atom. The van der Waals surface area contributed by atoms with Gasteiger partial charge in [-0.3, -0.25) is 4.79 Å². The van der Waals surface area contributed by atoms with Crippen molar-refractivity contribution in [2.75, 3.05) is 13.7 Å². The quantitative estimate of drug-likeness (QED) is 0.313. The van der Waals surface area contributed by atoms with Gasteiger partial charge in [0.15, 0.2) is 6.61 Å². The summed E-state index contributed by atoms with van der Waals surface area (Å²) in [5.41, 5.74) is 1.31. The van der Waals surface area contributed by atoms with Gasteiger partial charge < -0.3 is 14.2 Å². The molecule has 0 fully saturated rings. The Kier molecular flexibility index (Phi) is 7.65. The van der Waals surface area contributed by atoms with Crippen molar-refractivity contribution in [3.8, 4) is 0 Å². The van der Waals surface area contributed by atoms with E-state index in [4.69, 9.17) is 4.74 Å². The Bertz CT molecular complexity index is 817. The normalized spacial score (nSPS) is 10.5. The van der Waals surface area contributed by atoms with Crippen LogP contribution in [-0.2, 0) is 33.4 Å². The van der Waals surface area contributed by atoms with Gasteiger partial charge >= 0.3 is 23.9 Å². The van der Waals surface area contributed by atoms with Crippen molar-refractivity contribution in [3.05, 3.63) is 83.9 Å². The third kappa shape index (κ3) is 6.21. The second kappa shape index (κ2) is 10.4. The Morgan fingerprint density at radius 1 is 0.821 bits per heavy atom. The van der Waals surface area contributed by atoms with Crippen LogP contribution in [0.3, 0.4) is 0 Å². The Balaban J connectivity index is 2.01. The van der Waals surface area contributed by atoms with Gasteiger partial charge in [0.2, 0.25) is 0 Å². The second-order valence-corrected chi connectivity index (χ2v) is 5.51. The molecule has 0 spiro atoms. The molecule has 0 aliphatic heterocycles. The number of rotatable bonds is 7. The monoisotopic (exact) mass is 382 g/mol. The highest BCUT2D eigenvalue weighted by Crippen LogP contribution is 2.25. The number of esters is 4. The summed E-state index contributed by atoms with van der Waals surface area (Å²) in [6, 6.07) is 17.7. The molecule has 0 aliphatic carbocycles. The van der Waals surface area contributed by atoms with Crippen molar-refractivity contribution in [3.63, 3.8) is 0 Å². The van der Waals surface area contributed by atoms with Crippen molar-refractivity contribution in [2.45, 2.75) is 5.92 Å². The standard InChI is InChI=1S/C21H18O7/c1-26-17(22)12-13-18(23)27-14-19(24)28-21(25)20(15-8-4-2-5-9-15)16-10-6-3-7-11-16/h2-13,20H,14H2,1H3/b13-12-. The summed E-state index contributed by atoms with van der Waals surface area (Å²) < 4.78 is 13.8. The molecular weight excluding hydrogens is 364 g/mol. The van der Waals surface area contributed by atoms with E-state index in [2.05, 4.69) is 9.47 Å². The van der Waals surface area contributed by atoms with Crippen LogP contribution in [-0.4, -0.2) is 37.6 Å². The van der Waals surface area contributed by atoms with Crippen molar-refractivity contribution in [1.29, 1.82) is 0 Å². The van der Waals surface area contributed by atoms with Crippen LogP contribution in [0.5, 0.6) is 0 Å². The number of hydrogen-bond acceptors (Lipinski definition) is 7. The summed E-state index contributed by atoms with van der Waals surface area (Å²) in [6.07, 6.45) is 1.65. The lowest BCUT2D eigenvalue weighted by molar-refractivity contribution is -0.166. The molecule has 0 atom stereocenters. The Labute approximate surface area is 161 Å². The Hall–Kier alpha value is -3.74. The van der Waals surface area contributed by atoms with Crippen LogP contribution in [0.25, 0.3) is 0 Å². The van der Waals surface area contributed by atoms with Gasteiger partial charge in [-0.15, -0.1) is 0 Å². The van der Waals surface area contributed by atoms with Gasteiger partial charge in [0.05, 0.1) is 7.11 Å². The van der Waals surface area contributed by atoms with Crippen molar-refractivity contribution < 1.29 is 33.4 Å². The van der Waals surface area contributed by atoms with Crippen LogP contribution >= 0.6 is 0 Å². The number of hydrogen-bond donors (Lipinski definition) is 0. The molecule has 2 rings (SSSR count). The van der Waals surface area contributed by atoms with E-state index in [1.54, 1.807) is 48.5 Å². The van der Waals surface area contributed by atoms with E-state index in [0.717, 1.165) is 19.3 Å². The molecule has 0 unspecified atom stereocenters. The highest BCUT2D eigenvalue weighted by atomic mass is 16.6. The summed E-state index contributed by atoms with van der Waals surface area (Å²) in [6.45, 7) is -0.771. The lowest BCUT2D eigenvalue weighted by Crippen LogP contribution is -2.24. The molecule has 0 heterocycles. The molecule has 2 aromatic rings. The average molecular weight is 382 g/mol. The molecule has 0 aromatic heterocycles. The first-order valence-electron chi connectivity index (χ1n) is 8.28. The zero-order chi connectivity index (χ0) is 20.4. The van der Waals surface area contributed by atoms with E-state index >= 15 is 0 Å². The van der Waals surface area contributed by atoms with E-state index < -0.39 is 36.4 Å². The maximum atomic E-state index is 12.6.